The molecule has 2 heterocycles. The predicted molar refractivity (Wildman–Crippen MR) is 114 cm³/mol. The molecule has 6 heteroatoms. The molecule has 2 unspecified atom stereocenters. The monoisotopic (exact) mass is 420 g/mol. The van der Waals surface area contributed by atoms with E-state index in [2.05, 4.69) is 10.6 Å². The molecule has 0 aliphatic carbocycles. The molecular formula is C22H26Cl2N2O2. The average Bonchev–Trinajstić information content (AvgIpc) is 3.00. The van der Waals surface area contributed by atoms with Crippen LogP contribution in [0.1, 0.15) is 36.8 Å². The van der Waals surface area contributed by atoms with Crippen molar-refractivity contribution in [1.29, 1.82) is 0 Å². The Hall–Kier alpha value is -1.75. The SMILES string of the molecule is Cl.O=C(Cc1cccc(OCc2ccc(Cl)cc2)c1)NC1CC2CCC(C1)N2. The second-order valence-electron chi connectivity index (χ2n) is 7.61. The van der Waals surface area contributed by atoms with Gasteiger partial charge >= 0.3 is 0 Å². The van der Waals surface area contributed by atoms with Crippen LogP contribution in [0.15, 0.2) is 48.5 Å². The minimum absolute atomic E-state index is 0. The molecule has 2 aliphatic rings. The summed E-state index contributed by atoms with van der Waals surface area (Å²) in [6.45, 7) is 0.477. The van der Waals surface area contributed by atoms with E-state index in [0.717, 1.165) is 29.7 Å². The summed E-state index contributed by atoms with van der Waals surface area (Å²) in [6.07, 6.45) is 4.96. The number of hydrogen-bond donors (Lipinski definition) is 2. The minimum Gasteiger partial charge on any atom is -0.489 e. The molecule has 0 aromatic heterocycles. The summed E-state index contributed by atoms with van der Waals surface area (Å²) in [5.41, 5.74) is 2.03. The van der Waals surface area contributed by atoms with Crippen LogP contribution < -0.4 is 15.4 Å². The molecule has 2 atom stereocenters. The zero-order valence-electron chi connectivity index (χ0n) is 15.7. The Labute approximate surface area is 177 Å². The highest BCUT2D eigenvalue weighted by molar-refractivity contribution is 6.30. The van der Waals surface area contributed by atoms with Crippen LogP contribution in [0.4, 0.5) is 0 Å². The Morgan fingerprint density at radius 2 is 1.79 bits per heavy atom. The largest absolute Gasteiger partial charge is 0.489 e. The van der Waals surface area contributed by atoms with E-state index in [1.54, 1.807) is 0 Å². The second kappa shape index (κ2) is 9.64. The van der Waals surface area contributed by atoms with Gasteiger partial charge in [-0.3, -0.25) is 4.79 Å². The van der Waals surface area contributed by atoms with Crippen molar-refractivity contribution in [2.75, 3.05) is 0 Å². The number of halogens is 2. The fourth-order valence-corrected chi connectivity index (χ4v) is 4.26. The van der Waals surface area contributed by atoms with E-state index in [1.165, 1.54) is 12.8 Å². The van der Waals surface area contributed by atoms with E-state index >= 15 is 0 Å². The fourth-order valence-electron chi connectivity index (χ4n) is 4.13. The van der Waals surface area contributed by atoms with E-state index in [0.29, 0.717) is 36.2 Å². The van der Waals surface area contributed by atoms with Crippen LogP contribution in [-0.2, 0) is 17.8 Å². The Bertz CT molecular complexity index is 785. The van der Waals surface area contributed by atoms with Crippen molar-refractivity contribution in [2.24, 2.45) is 0 Å². The van der Waals surface area contributed by atoms with Gasteiger partial charge in [0.25, 0.3) is 0 Å². The van der Waals surface area contributed by atoms with Gasteiger partial charge in [0.05, 0.1) is 6.42 Å². The molecule has 4 nitrogen and oxygen atoms in total. The topological polar surface area (TPSA) is 50.4 Å². The quantitative estimate of drug-likeness (QED) is 0.732. The number of nitrogens with one attached hydrogen (secondary N) is 2. The summed E-state index contributed by atoms with van der Waals surface area (Å²) in [5.74, 6) is 0.867. The van der Waals surface area contributed by atoms with Crippen LogP contribution in [-0.4, -0.2) is 24.0 Å². The van der Waals surface area contributed by atoms with E-state index in [-0.39, 0.29) is 18.3 Å². The molecule has 0 saturated carbocycles. The molecule has 1 amide bonds. The van der Waals surface area contributed by atoms with Crippen molar-refractivity contribution in [1.82, 2.24) is 10.6 Å². The van der Waals surface area contributed by atoms with Gasteiger partial charge < -0.3 is 15.4 Å². The van der Waals surface area contributed by atoms with Crippen molar-refractivity contribution < 1.29 is 9.53 Å². The maximum atomic E-state index is 12.5. The van der Waals surface area contributed by atoms with E-state index in [9.17, 15) is 4.79 Å². The van der Waals surface area contributed by atoms with Crippen molar-refractivity contribution in [3.8, 4) is 5.75 Å². The number of carbonyl (C=O) groups is 1. The third-order valence-electron chi connectivity index (χ3n) is 5.42. The summed E-state index contributed by atoms with van der Waals surface area (Å²) in [6, 6.07) is 16.9. The lowest BCUT2D eigenvalue weighted by Crippen LogP contribution is -2.48. The van der Waals surface area contributed by atoms with Crippen molar-refractivity contribution in [3.05, 3.63) is 64.7 Å². The maximum Gasteiger partial charge on any atom is 0.224 e. The number of ether oxygens (including phenoxy) is 1. The highest BCUT2D eigenvalue weighted by atomic mass is 35.5. The van der Waals surface area contributed by atoms with Crippen LogP contribution >= 0.6 is 24.0 Å². The molecule has 4 rings (SSSR count). The van der Waals surface area contributed by atoms with Gasteiger partial charge in [-0.15, -0.1) is 12.4 Å². The van der Waals surface area contributed by atoms with Gasteiger partial charge in [-0.1, -0.05) is 35.9 Å². The number of carbonyl (C=O) groups excluding carboxylic acids is 1. The van der Waals surface area contributed by atoms with E-state index < -0.39 is 0 Å². The van der Waals surface area contributed by atoms with Crippen LogP contribution in [0.25, 0.3) is 0 Å². The Balaban J connectivity index is 0.00000225. The summed E-state index contributed by atoms with van der Waals surface area (Å²) in [5, 5.41) is 7.54. The van der Waals surface area contributed by atoms with Gasteiger partial charge in [-0.2, -0.15) is 0 Å². The molecule has 2 saturated heterocycles. The Morgan fingerprint density at radius 1 is 1.07 bits per heavy atom. The first-order valence-corrected chi connectivity index (χ1v) is 10.0. The number of fused-ring (bicyclic) bond motifs is 2. The normalized spacial score (nSPS) is 23.0. The lowest BCUT2D eigenvalue weighted by molar-refractivity contribution is -0.121. The number of rotatable bonds is 6. The highest BCUT2D eigenvalue weighted by Crippen LogP contribution is 2.26. The van der Waals surface area contributed by atoms with Gasteiger partial charge in [0.1, 0.15) is 12.4 Å². The zero-order chi connectivity index (χ0) is 18.6. The molecular weight excluding hydrogens is 395 g/mol. The number of benzene rings is 2. The smallest absolute Gasteiger partial charge is 0.224 e. The summed E-state index contributed by atoms with van der Waals surface area (Å²) < 4.78 is 5.86. The van der Waals surface area contributed by atoms with Gasteiger partial charge in [0.2, 0.25) is 5.91 Å². The van der Waals surface area contributed by atoms with Crippen molar-refractivity contribution in [3.63, 3.8) is 0 Å². The zero-order valence-corrected chi connectivity index (χ0v) is 17.3. The second-order valence-corrected chi connectivity index (χ2v) is 8.05. The van der Waals surface area contributed by atoms with Gasteiger partial charge in [-0.05, 0) is 61.1 Å². The summed E-state index contributed by atoms with van der Waals surface area (Å²) in [7, 11) is 0. The highest BCUT2D eigenvalue weighted by Gasteiger charge is 2.33. The van der Waals surface area contributed by atoms with Crippen LogP contribution in [0, 0.1) is 0 Å². The molecule has 0 radical (unpaired) electrons. The van der Waals surface area contributed by atoms with Crippen LogP contribution in [0.3, 0.4) is 0 Å². The molecule has 2 aromatic rings. The molecule has 2 N–H and O–H groups in total. The molecule has 0 spiro atoms. The molecule has 2 aromatic carbocycles. The van der Waals surface area contributed by atoms with Gasteiger partial charge in [0, 0.05) is 23.1 Å². The average molecular weight is 421 g/mol. The molecule has 2 aliphatic heterocycles. The first kappa shape index (κ1) is 21.0. The van der Waals surface area contributed by atoms with Crippen LogP contribution in [0.2, 0.25) is 5.02 Å². The van der Waals surface area contributed by atoms with Crippen molar-refractivity contribution >= 4 is 29.9 Å². The van der Waals surface area contributed by atoms with E-state index in [1.807, 2.05) is 48.5 Å². The molecule has 150 valence electrons. The Morgan fingerprint density at radius 3 is 2.50 bits per heavy atom. The predicted octanol–water partition coefficient (Wildman–Crippen LogP) is 4.28. The molecule has 28 heavy (non-hydrogen) atoms. The third-order valence-corrected chi connectivity index (χ3v) is 5.67. The third kappa shape index (κ3) is 5.63. The number of piperidine rings is 1. The number of amides is 1. The summed E-state index contributed by atoms with van der Waals surface area (Å²) >= 11 is 5.91. The van der Waals surface area contributed by atoms with Gasteiger partial charge in [0.15, 0.2) is 0 Å². The van der Waals surface area contributed by atoms with Gasteiger partial charge in [-0.25, -0.2) is 0 Å². The minimum atomic E-state index is 0. The van der Waals surface area contributed by atoms with E-state index in [4.69, 9.17) is 16.3 Å². The summed E-state index contributed by atoms with van der Waals surface area (Å²) in [4.78, 5) is 12.5. The Kier molecular flexibility index (Phi) is 7.22. The van der Waals surface area contributed by atoms with Crippen molar-refractivity contribution in [2.45, 2.75) is 56.8 Å². The first-order chi connectivity index (χ1) is 13.1. The standard InChI is InChI=1S/C22H25ClN2O2.ClH/c23-17-6-4-15(5-7-17)14-27-21-3-1-2-16(10-21)11-22(26)25-20-12-18-8-9-19(13-20)24-18;/h1-7,10,18-20,24H,8-9,11-14H2,(H,25,26);1H. The fraction of sp³-hybridized carbons (Fsp3) is 0.409. The molecule has 2 bridgehead atoms. The maximum absolute atomic E-state index is 12.5. The number of hydrogen-bond acceptors (Lipinski definition) is 3. The first-order valence-electron chi connectivity index (χ1n) is 9.65. The lowest BCUT2D eigenvalue weighted by atomic mass is 9.99. The molecule has 2 fully saturated rings. The van der Waals surface area contributed by atoms with Crippen LogP contribution in [0.5, 0.6) is 5.75 Å². The lowest BCUT2D eigenvalue weighted by Gasteiger charge is -2.29.